The molecule has 0 saturated carbocycles. The molecule has 0 aliphatic carbocycles. The Hall–Kier alpha value is -2.47. The Kier molecular flexibility index (Phi) is 5.60. The minimum Gasteiger partial charge on any atom is -0.350 e. The fraction of sp³-hybridized carbons (Fsp3) is 0.316. The first-order valence-electron chi connectivity index (χ1n) is 8.51. The Bertz CT molecular complexity index is 916. The number of fused-ring (bicyclic) bond motifs is 1. The van der Waals surface area contributed by atoms with Crippen LogP contribution >= 0.6 is 11.3 Å². The van der Waals surface area contributed by atoms with E-state index >= 15 is 0 Å². The van der Waals surface area contributed by atoms with Gasteiger partial charge < -0.3 is 5.32 Å². The normalized spacial score (nSPS) is 10.9. The molecule has 5 nitrogen and oxygen atoms in total. The smallest absolute Gasteiger partial charge is 0.274 e. The van der Waals surface area contributed by atoms with Crippen LogP contribution in [0.3, 0.4) is 0 Å². The summed E-state index contributed by atoms with van der Waals surface area (Å²) in [5.74, 6) is -0.238. The zero-order chi connectivity index (χ0) is 17.6. The molecule has 2 heterocycles. The first-order valence-corrected chi connectivity index (χ1v) is 9.39. The van der Waals surface area contributed by atoms with Gasteiger partial charge >= 0.3 is 0 Å². The van der Waals surface area contributed by atoms with Crippen LogP contribution in [-0.2, 0) is 13.0 Å². The summed E-state index contributed by atoms with van der Waals surface area (Å²) in [7, 11) is 0. The van der Waals surface area contributed by atoms with Crippen molar-refractivity contribution in [3.05, 3.63) is 62.7 Å². The van der Waals surface area contributed by atoms with Crippen LogP contribution in [0.5, 0.6) is 0 Å². The highest BCUT2D eigenvalue weighted by atomic mass is 32.1. The monoisotopic (exact) mass is 355 g/mol. The first-order chi connectivity index (χ1) is 12.2. The molecule has 0 aliphatic rings. The average molecular weight is 355 g/mol. The van der Waals surface area contributed by atoms with Gasteiger partial charge in [-0.3, -0.25) is 9.59 Å². The van der Waals surface area contributed by atoms with Gasteiger partial charge in [0.25, 0.3) is 11.5 Å². The number of benzene rings is 1. The van der Waals surface area contributed by atoms with E-state index in [0.717, 1.165) is 19.3 Å². The minimum absolute atomic E-state index is 0.140. The molecular weight excluding hydrogens is 334 g/mol. The van der Waals surface area contributed by atoms with E-state index in [-0.39, 0.29) is 11.5 Å². The van der Waals surface area contributed by atoms with Crippen LogP contribution in [0.15, 0.2) is 46.6 Å². The summed E-state index contributed by atoms with van der Waals surface area (Å²) in [6, 6.07) is 11.2. The zero-order valence-electron chi connectivity index (χ0n) is 14.2. The second-order valence-electron chi connectivity index (χ2n) is 5.86. The van der Waals surface area contributed by atoms with Crippen molar-refractivity contribution >= 4 is 28.0 Å². The van der Waals surface area contributed by atoms with Crippen LogP contribution in [0.4, 0.5) is 0 Å². The largest absolute Gasteiger partial charge is 0.350 e. The van der Waals surface area contributed by atoms with Crippen LogP contribution in [-0.4, -0.2) is 22.2 Å². The molecule has 0 unspecified atom stereocenters. The van der Waals surface area contributed by atoms with E-state index < -0.39 is 0 Å². The molecule has 0 saturated heterocycles. The van der Waals surface area contributed by atoms with Crippen LogP contribution in [0.2, 0.25) is 0 Å². The molecule has 3 aromatic rings. The number of hydrogen-bond acceptors (Lipinski definition) is 4. The predicted molar refractivity (Wildman–Crippen MR) is 101 cm³/mol. The number of carbonyl (C=O) groups excluding carboxylic acids is 1. The second kappa shape index (κ2) is 8.07. The summed E-state index contributed by atoms with van der Waals surface area (Å²) in [6.07, 6.45) is 2.60. The van der Waals surface area contributed by atoms with Gasteiger partial charge in [0, 0.05) is 23.4 Å². The molecule has 3 rings (SSSR count). The molecule has 0 radical (unpaired) electrons. The van der Waals surface area contributed by atoms with Crippen molar-refractivity contribution in [1.29, 1.82) is 0 Å². The Morgan fingerprint density at radius 3 is 2.72 bits per heavy atom. The van der Waals surface area contributed by atoms with E-state index in [0.29, 0.717) is 29.6 Å². The number of amides is 1. The molecule has 6 heteroatoms. The van der Waals surface area contributed by atoms with Crippen molar-refractivity contribution in [3.63, 3.8) is 0 Å². The molecule has 1 N–H and O–H groups in total. The molecule has 0 fully saturated rings. The summed E-state index contributed by atoms with van der Waals surface area (Å²) >= 11 is 1.67. The zero-order valence-corrected chi connectivity index (χ0v) is 15.0. The van der Waals surface area contributed by atoms with E-state index in [9.17, 15) is 9.59 Å². The number of nitrogens with one attached hydrogen (secondary N) is 1. The maximum Gasteiger partial charge on any atom is 0.274 e. The first kappa shape index (κ1) is 17.4. The number of unbranched alkanes of at least 4 members (excludes halogenated alkanes) is 1. The van der Waals surface area contributed by atoms with Crippen LogP contribution in [0.1, 0.15) is 35.1 Å². The lowest BCUT2D eigenvalue weighted by Gasteiger charge is -2.11. The van der Waals surface area contributed by atoms with Crippen molar-refractivity contribution in [2.45, 2.75) is 32.7 Å². The molecule has 1 amide bonds. The van der Waals surface area contributed by atoms with E-state index in [1.165, 1.54) is 9.56 Å². The lowest BCUT2D eigenvalue weighted by molar-refractivity contribution is 0.0948. The van der Waals surface area contributed by atoms with Gasteiger partial charge in [0.05, 0.1) is 5.39 Å². The summed E-state index contributed by atoms with van der Waals surface area (Å²) < 4.78 is 1.42. The molecule has 130 valence electrons. The summed E-state index contributed by atoms with van der Waals surface area (Å²) in [5.41, 5.74) is 0.177. The Balaban J connectivity index is 1.86. The fourth-order valence-corrected chi connectivity index (χ4v) is 3.41. The standard InChI is InChI=1S/C19H21N3O2S/c1-2-3-12-22-19(24)16-9-5-4-8-15(16)17(21-22)18(23)20-11-10-14-7-6-13-25-14/h4-9,13H,2-3,10-12H2,1H3,(H,20,23). The van der Waals surface area contributed by atoms with E-state index in [4.69, 9.17) is 0 Å². The lowest BCUT2D eigenvalue weighted by atomic mass is 10.1. The highest BCUT2D eigenvalue weighted by Crippen LogP contribution is 2.14. The number of thiophene rings is 1. The summed E-state index contributed by atoms with van der Waals surface area (Å²) in [6.45, 7) is 3.13. The third kappa shape index (κ3) is 3.96. The molecule has 1 aromatic carbocycles. The number of aryl methyl sites for hydroxylation is 1. The third-order valence-electron chi connectivity index (χ3n) is 4.04. The molecule has 0 aliphatic heterocycles. The number of aromatic nitrogens is 2. The Morgan fingerprint density at radius 2 is 2.00 bits per heavy atom. The number of carbonyl (C=O) groups is 1. The van der Waals surface area contributed by atoms with Gasteiger partial charge in [-0.1, -0.05) is 37.6 Å². The molecule has 0 bridgehead atoms. The van der Waals surface area contributed by atoms with Crippen molar-refractivity contribution in [3.8, 4) is 0 Å². The molecular formula is C19H21N3O2S. The number of nitrogens with zero attached hydrogens (tertiary/aromatic N) is 2. The SMILES string of the molecule is CCCCn1nc(C(=O)NCCc2cccs2)c2ccccc2c1=O. The van der Waals surface area contributed by atoms with Gasteiger partial charge in [0.15, 0.2) is 5.69 Å². The Morgan fingerprint density at radius 1 is 1.20 bits per heavy atom. The van der Waals surface area contributed by atoms with Gasteiger partial charge in [-0.2, -0.15) is 5.10 Å². The van der Waals surface area contributed by atoms with E-state index in [2.05, 4.69) is 23.4 Å². The van der Waals surface area contributed by atoms with Crippen molar-refractivity contribution in [2.24, 2.45) is 0 Å². The second-order valence-corrected chi connectivity index (χ2v) is 6.89. The lowest BCUT2D eigenvalue weighted by Crippen LogP contribution is -2.31. The predicted octanol–water partition coefficient (Wildman–Crippen LogP) is 3.23. The number of hydrogen-bond donors (Lipinski definition) is 1. The Labute approximate surface area is 150 Å². The third-order valence-corrected chi connectivity index (χ3v) is 4.98. The number of rotatable bonds is 7. The molecule has 2 aromatic heterocycles. The topological polar surface area (TPSA) is 64.0 Å². The van der Waals surface area contributed by atoms with Crippen LogP contribution in [0.25, 0.3) is 10.8 Å². The van der Waals surface area contributed by atoms with Crippen LogP contribution < -0.4 is 10.9 Å². The molecule has 0 spiro atoms. The fourth-order valence-electron chi connectivity index (χ4n) is 2.70. The summed E-state index contributed by atoms with van der Waals surface area (Å²) in [4.78, 5) is 26.4. The van der Waals surface area contributed by atoms with Gasteiger partial charge in [-0.25, -0.2) is 4.68 Å². The molecule has 25 heavy (non-hydrogen) atoms. The summed E-state index contributed by atoms with van der Waals surface area (Å²) in [5, 5.41) is 10.4. The van der Waals surface area contributed by atoms with Gasteiger partial charge in [0.1, 0.15) is 0 Å². The van der Waals surface area contributed by atoms with Crippen molar-refractivity contribution < 1.29 is 4.79 Å². The van der Waals surface area contributed by atoms with Crippen LogP contribution in [0, 0.1) is 0 Å². The van der Waals surface area contributed by atoms with E-state index in [1.807, 2.05) is 23.6 Å². The van der Waals surface area contributed by atoms with Crippen molar-refractivity contribution in [1.82, 2.24) is 15.1 Å². The minimum atomic E-state index is -0.238. The quantitative estimate of drug-likeness (QED) is 0.708. The van der Waals surface area contributed by atoms with E-state index in [1.54, 1.807) is 23.5 Å². The maximum absolute atomic E-state index is 12.6. The highest BCUT2D eigenvalue weighted by molar-refractivity contribution is 7.09. The average Bonchev–Trinajstić information content (AvgIpc) is 3.14. The van der Waals surface area contributed by atoms with Gasteiger partial charge in [-0.15, -0.1) is 11.3 Å². The molecule has 0 atom stereocenters. The van der Waals surface area contributed by atoms with Gasteiger partial charge in [0.2, 0.25) is 0 Å². The maximum atomic E-state index is 12.6. The van der Waals surface area contributed by atoms with Crippen molar-refractivity contribution in [2.75, 3.05) is 6.54 Å². The highest BCUT2D eigenvalue weighted by Gasteiger charge is 2.16. The van der Waals surface area contributed by atoms with Gasteiger partial charge in [-0.05, 0) is 30.4 Å².